The van der Waals surface area contributed by atoms with Crippen molar-refractivity contribution in [2.75, 3.05) is 50.7 Å². The quantitative estimate of drug-likeness (QED) is 0.863. The molecule has 3 aliphatic heterocycles. The van der Waals surface area contributed by atoms with Crippen molar-refractivity contribution >= 4 is 17.5 Å². The second-order valence-electron chi connectivity index (χ2n) is 7.94. The van der Waals surface area contributed by atoms with Crippen molar-refractivity contribution in [3.63, 3.8) is 0 Å². The molecule has 3 fully saturated rings. The Morgan fingerprint density at radius 1 is 1.11 bits per heavy atom. The van der Waals surface area contributed by atoms with Gasteiger partial charge < -0.3 is 15.1 Å². The number of aryl methyl sites for hydroxylation is 1. The van der Waals surface area contributed by atoms with E-state index in [-0.39, 0.29) is 17.7 Å². The molecule has 0 aliphatic carbocycles. The number of amides is 2. The molecule has 1 N–H and O–H groups in total. The van der Waals surface area contributed by atoms with Crippen LogP contribution in [0.2, 0.25) is 0 Å². The molecule has 3 saturated heterocycles. The van der Waals surface area contributed by atoms with E-state index in [9.17, 15) is 9.59 Å². The summed E-state index contributed by atoms with van der Waals surface area (Å²) in [6, 6.07) is 8.61. The molecule has 0 aromatic heterocycles. The van der Waals surface area contributed by atoms with Crippen LogP contribution in [0.5, 0.6) is 0 Å². The standard InChI is InChI=1S/C21H30N4O2/c1-2-16-3-5-18(6-4-16)25-14-17(13-20(25)26)21(27)24-10-7-19(15-24)23-11-8-22-9-12-23/h3-6,17,19,22H,2,7-15H2,1H3. The first kappa shape index (κ1) is 18.4. The number of rotatable bonds is 4. The normalized spacial score (nSPS) is 26.8. The van der Waals surface area contributed by atoms with E-state index in [1.165, 1.54) is 5.56 Å². The Labute approximate surface area is 161 Å². The van der Waals surface area contributed by atoms with E-state index in [1.807, 2.05) is 17.0 Å². The number of carbonyl (C=O) groups is 2. The summed E-state index contributed by atoms with van der Waals surface area (Å²) in [5.41, 5.74) is 2.17. The van der Waals surface area contributed by atoms with Crippen LogP contribution in [0.15, 0.2) is 24.3 Å². The van der Waals surface area contributed by atoms with Crippen molar-refractivity contribution in [2.24, 2.45) is 5.92 Å². The Balaban J connectivity index is 1.36. The van der Waals surface area contributed by atoms with Gasteiger partial charge in [-0.2, -0.15) is 0 Å². The van der Waals surface area contributed by atoms with Crippen LogP contribution >= 0.6 is 0 Å². The van der Waals surface area contributed by atoms with Gasteiger partial charge in [0.2, 0.25) is 11.8 Å². The van der Waals surface area contributed by atoms with Gasteiger partial charge in [0.15, 0.2) is 0 Å². The van der Waals surface area contributed by atoms with Gasteiger partial charge in [0, 0.05) is 64.0 Å². The molecule has 1 aromatic carbocycles. The summed E-state index contributed by atoms with van der Waals surface area (Å²) in [7, 11) is 0. The molecule has 3 heterocycles. The van der Waals surface area contributed by atoms with Crippen LogP contribution in [0.4, 0.5) is 5.69 Å². The number of hydrogen-bond acceptors (Lipinski definition) is 4. The van der Waals surface area contributed by atoms with Gasteiger partial charge in [-0.1, -0.05) is 19.1 Å². The largest absolute Gasteiger partial charge is 0.341 e. The van der Waals surface area contributed by atoms with Gasteiger partial charge >= 0.3 is 0 Å². The molecule has 0 saturated carbocycles. The van der Waals surface area contributed by atoms with Gasteiger partial charge in [-0.15, -0.1) is 0 Å². The molecule has 6 nitrogen and oxygen atoms in total. The van der Waals surface area contributed by atoms with Crippen LogP contribution in [0.25, 0.3) is 0 Å². The number of nitrogens with one attached hydrogen (secondary N) is 1. The highest BCUT2D eigenvalue weighted by Gasteiger charge is 2.40. The average Bonchev–Trinajstić information content (AvgIpc) is 3.35. The van der Waals surface area contributed by atoms with Gasteiger partial charge in [-0.3, -0.25) is 14.5 Å². The Morgan fingerprint density at radius 2 is 1.85 bits per heavy atom. The SMILES string of the molecule is CCc1ccc(N2CC(C(=O)N3CCC(N4CCNCC4)C3)CC2=O)cc1. The van der Waals surface area contributed by atoms with Gasteiger partial charge in [0.25, 0.3) is 0 Å². The van der Waals surface area contributed by atoms with Crippen molar-refractivity contribution in [3.05, 3.63) is 29.8 Å². The minimum atomic E-state index is -0.204. The first-order valence-electron chi connectivity index (χ1n) is 10.3. The number of carbonyl (C=O) groups excluding carboxylic acids is 2. The maximum atomic E-state index is 13.0. The van der Waals surface area contributed by atoms with Crippen molar-refractivity contribution in [1.29, 1.82) is 0 Å². The Kier molecular flexibility index (Phi) is 5.45. The lowest BCUT2D eigenvalue weighted by molar-refractivity contribution is -0.135. The summed E-state index contributed by atoms with van der Waals surface area (Å²) in [6.07, 6.45) is 2.37. The molecule has 6 heteroatoms. The van der Waals surface area contributed by atoms with Gasteiger partial charge in [0.1, 0.15) is 0 Å². The maximum absolute atomic E-state index is 13.0. The van der Waals surface area contributed by atoms with Crippen molar-refractivity contribution in [3.8, 4) is 0 Å². The van der Waals surface area contributed by atoms with E-state index < -0.39 is 0 Å². The first-order chi connectivity index (χ1) is 13.2. The highest BCUT2D eigenvalue weighted by molar-refractivity contribution is 6.00. The molecule has 2 unspecified atom stereocenters. The lowest BCUT2D eigenvalue weighted by Crippen LogP contribution is -2.49. The fourth-order valence-electron chi connectivity index (χ4n) is 4.58. The number of nitrogens with zero attached hydrogens (tertiary/aromatic N) is 3. The van der Waals surface area contributed by atoms with Crippen molar-refractivity contribution in [1.82, 2.24) is 15.1 Å². The second-order valence-corrected chi connectivity index (χ2v) is 7.94. The van der Waals surface area contributed by atoms with Gasteiger partial charge in [-0.25, -0.2) is 0 Å². The molecule has 1 aromatic rings. The first-order valence-corrected chi connectivity index (χ1v) is 10.3. The van der Waals surface area contributed by atoms with Gasteiger partial charge in [0.05, 0.1) is 5.92 Å². The van der Waals surface area contributed by atoms with E-state index in [0.29, 0.717) is 19.0 Å². The zero-order valence-electron chi connectivity index (χ0n) is 16.2. The molecule has 2 atom stereocenters. The molecule has 146 valence electrons. The van der Waals surface area contributed by atoms with Crippen LogP contribution in [0.1, 0.15) is 25.3 Å². The molecular weight excluding hydrogens is 340 g/mol. The minimum absolute atomic E-state index is 0.0652. The number of likely N-dealkylation sites (tertiary alicyclic amines) is 1. The summed E-state index contributed by atoms with van der Waals surface area (Å²) in [6.45, 7) is 8.47. The third-order valence-electron chi connectivity index (χ3n) is 6.27. The molecule has 0 bridgehead atoms. The lowest BCUT2D eigenvalue weighted by atomic mass is 10.1. The number of hydrogen-bond donors (Lipinski definition) is 1. The van der Waals surface area contributed by atoms with Crippen LogP contribution < -0.4 is 10.2 Å². The Hall–Kier alpha value is -1.92. The second kappa shape index (κ2) is 7.98. The number of anilines is 1. The molecule has 4 rings (SSSR count). The van der Waals surface area contributed by atoms with E-state index in [2.05, 4.69) is 29.3 Å². The Bertz CT molecular complexity index is 684. The smallest absolute Gasteiger partial charge is 0.228 e. The summed E-state index contributed by atoms with van der Waals surface area (Å²) in [5.74, 6) is 0.0224. The maximum Gasteiger partial charge on any atom is 0.228 e. The average molecular weight is 370 g/mol. The summed E-state index contributed by atoms with van der Waals surface area (Å²) < 4.78 is 0. The van der Waals surface area contributed by atoms with Crippen LogP contribution in [0, 0.1) is 5.92 Å². The van der Waals surface area contributed by atoms with E-state index >= 15 is 0 Å². The topological polar surface area (TPSA) is 55.9 Å². The molecule has 2 amide bonds. The zero-order valence-corrected chi connectivity index (χ0v) is 16.2. The summed E-state index contributed by atoms with van der Waals surface area (Å²) in [5, 5.41) is 3.38. The van der Waals surface area contributed by atoms with E-state index in [1.54, 1.807) is 4.90 Å². The van der Waals surface area contributed by atoms with E-state index in [4.69, 9.17) is 0 Å². The number of benzene rings is 1. The fraction of sp³-hybridized carbons (Fsp3) is 0.619. The predicted octanol–water partition coefficient (Wildman–Crippen LogP) is 1.11. The number of piperazine rings is 1. The minimum Gasteiger partial charge on any atom is -0.341 e. The Morgan fingerprint density at radius 3 is 2.56 bits per heavy atom. The highest BCUT2D eigenvalue weighted by Crippen LogP contribution is 2.28. The van der Waals surface area contributed by atoms with Gasteiger partial charge in [-0.05, 0) is 30.5 Å². The third kappa shape index (κ3) is 3.87. The molecule has 0 radical (unpaired) electrons. The fourth-order valence-corrected chi connectivity index (χ4v) is 4.58. The third-order valence-corrected chi connectivity index (χ3v) is 6.27. The van der Waals surface area contributed by atoms with Crippen LogP contribution in [-0.4, -0.2) is 73.5 Å². The molecule has 0 spiro atoms. The predicted molar refractivity (Wildman–Crippen MR) is 106 cm³/mol. The van der Waals surface area contributed by atoms with Crippen LogP contribution in [-0.2, 0) is 16.0 Å². The van der Waals surface area contributed by atoms with Crippen LogP contribution in [0.3, 0.4) is 0 Å². The van der Waals surface area contributed by atoms with Crippen molar-refractivity contribution < 1.29 is 9.59 Å². The molecule has 3 aliphatic rings. The van der Waals surface area contributed by atoms with E-state index in [0.717, 1.165) is 57.8 Å². The van der Waals surface area contributed by atoms with Crippen molar-refractivity contribution in [2.45, 2.75) is 32.2 Å². The highest BCUT2D eigenvalue weighted by atomic mass is 16.2. The summed E-state index contributed by atoms with van der Waals surface area (Å²) >= 11 is 0. The molecular formula is C21H30N4O2. The zero-order chi connectivity index (χ0) is 18.8. The lowest BCUT2D eigenvalue weighted by Gasteiger charge is -2.32. The monoisotopic (exact) mass is 370 g/mol. The molecule has 27 heavy (non-hydrogen) atoms. The summed E-state index contributed by atoms with van der Waals surface area (Å²) in [4.78, 5) is 31.8.